The average molecular weight is 535 g/mol. The van der Waals surface area contributed by atoms with Gasteiger partial charge in [0.05, 0.1) is 0 Å². The third-order valence-corrected chi connectivity index (χ3v) is 3.02. The van der Waals surface area contributed by atoms with Crippen molar-refractivity contribution in [3.8, 4) is 0 Å². The van der Waals surface area contributed by atoms with Gasteiger partial charge in [0.2, 0.25) is 0 Å². The molecule has 4 heteroatoms. The van der Waals surface area contributed by atoms with Crippen LogP contribution in [0.5, 0.6) is 0 Å². The van der Waals surface area contributed by atoms with Gasteiger partial charge in [0.1, 0.15) is 0 Å². The van der Waals surface area contributed by atoms with Crippen molar-refractivity contribution in [2.45, 2.75) is 54.6 Å². The molecular weight excluding hydrogens is 505 g/mol. The van der Waals surface area contributed by atoms with Gasteiger partial charge in [0, 0.05) is 9.52 Å². The van der Waals surface area contributed by atoms with Crippen LogP contribution in [-0.2, 0) is 15.4 Å². The molecule has 0 aromatic heterocycles. The summed E-state index contributed by atoms with van der Waals surface area (Å²) >= 11 is -0.639. The second kappa shape index (κ2) is 14.7. The maximum atomic E-state index is 4.90. The third-order valence-electron chi connectivity index (χ3n) is 3.02. The molecule has 0 heterocycles. The van der Waals surface area contributed by atoms with Gasteiger partial charge in [0.15, 0.2) is 0 Å². The van der Waals surface area contributed by atoms with Gasteiger partial charge in [-0.2, -0.15) is 45.5 Å². The van der Waals surface area contributed by atoms with Gasteiger partial charge in [-0.3, -0.25) is 0 Å². The Morgan fingerprint density at radius 2 is 1.00 bits per heavy atom. The molecule has 0 aliphatic carbocycles. The molecular formula is C18H29Cl2OsSi-2. The summed E-state index contributed by atoms with van der Waals surface area (Å²) in [6, 6.07) is 8.81. The molecule has 0 fully saturated rings. The van der Waals surface area contributed by atoms with E-state index in [9.17, 15) is 0 Å². The molecule has 0 amide bonds. The Morgan fingerprint density at radius 3 is 1.05 bits per heavy atom. The van der Waals surface area contributed by atoms with Crippen molar-refractivity contribution in [1.29, 1.82) is 0 Å². The summed E-state index contributed by atoms with van der Waals surface area (Å²) in [4.78, 5) is 0. The summed E-state index contributed by atoms with van der Waals surface area (Å²) in [6.45, 7) is 17.2. The van der Waals surface area contributed by atoms with Gasteiger partial charge in [-0.05, 0) is 0 Å². The molecule has 0 spiro atoms. The summed E-state index contributed by atoms with van der Waals surface area (Å²) in [5, 5.41) is 0. The molecule has 2 aromatic rings. The van der Waals surface area contributed by atoms with E-state index in [1.807, 2.05) is 0 Å². The first kappa shape index (κ1) is 24.4. The Kier molecular flexibility index (Phi) is 16.3. The van der Waals surface area contributed by atoms with Crippen molar-refractivity contribution in [1.82, 2.24) is 0 Å². The Balaban J connectivity index is 0. The van der Waals surface area contributed by atoms with Crippen LogP contribution in [0.4, 0.5) is 0 Å². The predicted octanol–water partition coefficient (Wildman–Crippen LogP) is 6.56. The van der Waals surface area contributed by atoms with Crippen LogP contribution in [0.15, 0.2) is 24.3 Å². The van der Waals surface area contributed by atoms with Gasteiger partial charge < -0.3 is 0 Å². The molecule has 129 valence electrons. The number of hydrogen-bond donors (Lipinski definition) is 0. The maximum absolute atomic E-state index is 4.90. The monoisotopic (exact) mass is 535 g/mol. The number of hydrogen-bond acceptors (Lipinski definition) is 0. The molecule has 2 rings (SSSR count). The first-order chi connectivity index (χ1) is 10.2. The molecule has 1 radical (unpaired) electrons. The van der Waals surface area contributed by atoms with Gasteiger partial charge in [0.25, 0.3) is 0 Å². The van der Waals surface area contributed by atoms with Crippen LogP contribution in [0.3, 0.4) is 0 Å². The van der Waals surface area contributed by atoms with Crippen LogP contribution >= 0.6 is 19.3 Å². The second-order valence-electron chi connectivity index (χ2n) is 5.43. The zero-order valence-corrected chi connectivity index (χ0v) is 20.2. The predicted molar refractivity (Wildman–Crippen MR) is 103 cm³/mol. The zero-order chi connectivity index (χ0) is 17.7. The Hall–Kier alpha value is 0.133. The van der Waals surface area contributed by atoms with E-state index in [0.29, 0.717) is 0 Å². The van der Waals surface area contributed by atoms with E-state index in [-0.39, 0.29) is 0 Å². The SMILES string of the molecule is C[SiH]C.Cc1cc(C)c(C)[cH-]1.Cc1cc(C)c(C)[cH-]1.[Cl][Os][Cl]. The molecule has 0 aliphatic rings. The van der Waals surface area contributed by atoms with Crippen molar-refractivity contribution in [2.24, 2.45) is 0 Å². The quantitative estimate of drug-likeness (QED) is 0.265. The van der Waals surface area contributed by atoms with Crippen molar-refractivity contribution in [3.05, 3.63) is 57.6 Å². The minimum atomic E-state index is -0.639. The van der Waals surface area contributed by atoms with E-state index >= 15 is 0 Å². The van der Waals surface area contributed by atoms with Crippen LogP contribution in [0.1, 0.15) is 33.4 Å². The molecule has 0 saturated carbocycles. The van der Waals surface area contributed by atoms with E-state index in [4.69, 9.17) is 19.3 Å². The summed E-state index contributed by atoms with van der Waals surface area (Å²) in [5.41, 5.74) is 8.37. The molecule has 0 nitrogen and oxygen atoms in total. The topological polar surface area (TPSA) is 0 Å². The molecule has 0 aliphatic heterocycles. The first-order valence-corrected chi connectivity index (χ1v) is 15.8. The molecule has 0 saturated heterocycles. The van der Waals surface area contributed by atoms with E-state index in [0.717, 1.165) is 9.52 Å². The molecule has 0 unspecified atom stereocenters. The third kappa shape index (κ3) is 12.7. The van der Waals surface area contributed by atoms with E-state index in [1.54, 1.807) is 0 Å². The van der Waals surface area contributed by atoms with Crippen LogP contribution in [0.2, 0.25) is 13.1 Å². The second-order valence-corrected chi connectivity index (χ2v) is 10.3. The fourth-order valence-electron chi connectivity index (χ4n) is 1.90. The van der Waals surface area contributed by atoms with E-state index < -0.39 is 15.4 Å². The Bertz CT molecular complexity index is 416. The van der Waals surface area contributed by atoms with Crippen LogP contribution in [-0.4, -0.2) is 9.52 Å². The van der Waals surface area contributed by atoms with Gasteiger partial charge >= 0.3 is 34.7 Å². The summed E-state index contributed by atoms with van der Waals surface area (Å²) in [6.07, 6.45) is 0. The van der Waals surface area contributed by atoms with Crippen LogP contribution in [0.25, 0.3) is 0 Å². The van der Waals surface area contributed by atoms with E-state index in [1.165, 1.54) is 33.4 Å². The Labute approximate surface area is 156 Å². The average Bonchev–Trinajstić information content (AvgIpc) is 2.83. The van der Waals surface area contributed by atoms with Crippen molar-refractivity contribution in [3.63, 3.8) is 0 Å². The van der Waals surface area contributed by atoms with Crippen LogP contribution in [0, 0.1) is 41.5 Å². The minimum absolute atomic E-state index is 0.639. The first-order valence-electron chi connectivity index (χ1n) is 7.23. The van der Waals surface area contributed by atoms with Crippen molar-refractivity contribution < 1.29 is 15.4 Å². The number of aryl methyl sites for hydroxylation is 6. The number of rotatable bonds is 0. The van der Waals surface area contributed by atoms with E-state index in [2.05, 4.69) is 78.9 Å². The van der Waals surface area contributed by atoms with Gasteiger partial charge in [-0.25, -0.2) is 12.1 Å². The number of halogens is 2. The van der Waals surface area contributed by atoms with Crippen LogP contribution < -0.4 is 0 Å². The Morgan fingerprint density at radius 1 is 0.773 bits per heavy atom. The normalized spacial score (nSPS) is 9.00. The fraction of sp³-hybridized carbons (Fsp3) is 0.444. The molecule has 22 heavy (non-hydrogen) atoms. The standard InChI is InChI=1S/2C8H11.C2H7Si.2ClH.Os/c2*1-6-4-7(2)8(3)5-6;1-3-2;;;/h2*4-5H,1-3H3;3H,1-2H3;2*1H;/q2*-1;;;;+2/p-2. The molecule has 0 N–H and O–H groups in total. The van der Waals surface area contributed by atoms with Crippen molar-refractivity contribution >= 4 is 28.8 Å². The summed E-state index contributed by atoms with van der Waals surface area (Å²) in [7, 11) is 10.6. The van der Waals surface area contributed by atoms with Gasteiger partial charge in [-0.1, -0.05) is 54.6 Å². The molecule has 0 atom stereocenters. The zero-order valence-electron chi connectivity index (χ0n) is 15.0. The van der Waals surface area contributed by atoms with Gasteiger partial charge in [-0.15, -0.1) is 0 Å². The van der Waals surface area contributed by atoms with Crippen molar-refractivity contribution in [2.75, 3.05) is 0 Å². The summed E-state index contributed by atoms with van der Waals surface area (Å²) < 4.78 is 0. The fourth-order valence-corrected chi connectivity index (χ4v) is 1.90. The summed E-state index contributed by atoms with van der Waals surface area (Å²) in [5.74, 6) is 0. The molecule has 2 aromatic carbocycles. The molecule has 0 bridgehead atoms.